The number of aromatic nitrogens is 2. The minimum Gasteiger partial charge on any atom is -0.309 e. The highest BCUT2D eigenvalue weighted by molar-refractivity contribution is 6.11. The lowest BCUT2D eigenvalue weighted by atomic mass is 9.79. The standard InChI is InChI=1S/C62H46N2/c1-61(2)53-34-40(24-23-39-26-31-59-51(33-39)47-19-11-13-21-57(47)63(59)43-15-7-5-8-16-43)25-29-45(53)49-37-56-50(38-55(49)61)46-30-27-42(36-54(46)62(56,3)4)41-28-32-60-52(35-41)48-20-12-14-22-58(48)64(60)44-17-9-6-10-18-44/h5-38H,1-4H3. The van der Waals surface area contributed by atoms with Gasteiger partial charge in [-0.15, -0.1) is 0 Å². The Balaban J connectivity index is 0.836. The summed E-state index contributed by atoms with van der Waals surface area (Å²) in [7, 11) is 0. The van der Waals surface area contributed by atoms with E-state index in [-0.39, 0.29) is 10.8 Å². The van der Waals surface area contributed by atoms with Crippen LogP contribution in [0, 0.1) is 0 Å². The van der Waals surface area contributed by atoms with Gasteiger partial charge in [0.15, 0.2) is 0 Å². The van der Waals surface area contributed by atoms with Gasteiger partial charge in [-0.05, 0) is 146 Å². The highest BCUT2D eigenvalue weighted by atomic mass is 15.0. The number of hydrogen-bond donors (Lipinski definition) is 0. The molecule has 0 radical (unpaired) electrons. The summed E-state index contributed by atoms with van der Waals surface area (Å²) in [6, 6.07) is 72.1. The molecule has 9 aromatic carbocycles. The van der Waals surface area contributed by atoms with Gasteiger partial charge < -0.3 is 9.13 Å². The summed E-state index contributed by atoms with van der Waals surface area (Å²) in [5.41, 5.74) is 23.0. The van der Waals surface area contributed by atoms with E-state index in [9.17, 15) is 0 Å². The number of rotatable bonds is 5. The first kappa shape index (κ1) is 36.9. The lowest BCUT2D eigenvalue weighted by Crippen LogP contribution is -2.17. The van der Waals surface area contributed by atoms with E-state index in [1.807, 2.05) is 0 Å². The van der Waals surface area contributed by atoms with Gasteiger partial charge in [-0.2, -0.15) is 0 Å². The molecule has 11 aromatic rings. The Morgan fingerprint density at radius 2 is 0.719 bits per heavy atom. The third-order valence-electron chi connectivity index (χ3n) is 14.7. The second-order valence-corrected chi connectivity index (χ2v) is 19.0. The summed E-state index contributed by atoms with van der Waals surface area (Å²) in [5, 5.41) is 5.10. The van der Waals surface area contributed by atoms with Crippen LogP contribution >= 0.6 is 0 Å². The molecule has 0 atom stereocenters. The first-order valence-corrected chi connectivity index (χ1v) is 22.6. The SMILES string of the molecule is CC1(C)c2cc(C=Cc3ccc4c(c3)c3ccccc3n4-c3ccccc3)ccc2-c2cc3c(cc21)-c1ccc(-c2ccc4c(c2)c2ccccc2n4-c2ccccc2)cc1C3(C)C. The Labute approximate surface area is 374 Å². The monoisotopic (exact) mass is 818 g/mol. The molecule has 2 aliphatic rings. The van der Waals surface area contributed by atoms with Crippen molar-refractivity contribution in [2.45, 2.75) is 38.5 Å². The van der Waals surface area contributed by atoms with E-state index in [1.54, 1.807) is 0 Å². The smallest absolute Gasteiger partial charge is 0.0541 e. The molecule has 0 N–H and O–H groups in total. The summed E-state index contributed by atoms with van der Waals surface area (Å²) >= 11 is 0. The number of fused-ring (bicyclic) bond motifs is 12. The third-order valence-corrected chi connectivity index (χ3v) is 14.7. The van der Waals surface area contributed by atoms with Gasteiger partial charge in [-0.25, -0.2) is 0 Å². The van der Waals surface area contributed by atoms with E-state index in [0.717, 1.165) is 0 Å². The quantitative estimate of drug-likeness (QED) is 0.153. The molecular formula is C62H46N2. The maximum atomic E-state index is 2.53. The zero-order chi connectivity index (χ0) is 42.9. The van der Waals surface area contributed by atoms with Crippen molar-refractivity contribution >= 4 is 55.8 Å². The highest BCUT2D eigenvalue weighted by Gasteiger charge is 2.41. The van der Waals surface area contributed by atoms with Gasteiger partial charge in [-0.1, -0.05) is 155 Å². The highest BCUT2D eigenvalue weighted by Crippen LogP contribution is 2.56. The van der Waals surface area contributed by atoms with Gasteiger partial charge in [0.05, 0.1) is 22.1 Å². The van der Waals surface area contributed by atoms with Crippen LogP contribution in [0.4, 0.5) is 0 Å². The molecule has 13 rings (SSSR count). The molecule has 0 saturated heterocycles. The van der Waals surface area contributed by atoms with Crippen LogP contribution in [0.3, 0.4) is 0 Å². The molecule has 0 saturated carbocycles. The summed E-state index contributed by atoms with van der Waals surface area (Å²) in [6.45, 7) is 9.64. The predicted octanol–water partition coefficient (Wildman–Crippen LogP) is 16.3. The molecule has 0 unspecified atom stereocenters. The maximum Gasteiger partial charge on any atom is 0.0541 e. The van der Waals surface area contributed by atoms with Crippen molar-refractivity contribution in [3.63, 3.8) is 0 Å². The molecule has 2 heteroatoms. The lowest BCUT2D eigenvalue weighted by Gasteiger charge is -2.24. The topological polar surface area (TPSA) is 9.86 Å². The zero-order valence-electron chi connectivity index (χ0n) is 36.5. The molecule has 0 amide bonds. The summed E-state index contributed by atoms with van der Waals surface area (Å²) in [5.74, 6) is 0. The zero-order valence-corrected chi connectivity index (χ0v) is 36.5. The van der Waals surface area contributed by atoms with Crippen LogP contribution in [0.1, 0.15) is 61.1 Å². The van der Waals surface area contributed by atoms with Crippen LogP contribution in [0.5, 0.6) is 0 Å². The van der Waals surface area contributed by atoms with E-state index in [2.05, 4.69) is 243 Å². The van der Waals surface area contributed by atoms with Crippen LogP contribution in [0.15, 0.2) is 194 Å². The minimum atomic E-state index is -0.146. The maximum absolute atomic E-state index is 2.53. The average Bonchev–Trinajstić information content (AvgIpc) is 3.99. The van der Waals surface area contributed by atoms with Crippen molar-refractivity contribution < 1.29 is 0 Å². The van der Waals surface area contributed by atoms with E-state index in [1.165, 1.54) is 122 Å². The largest absolute Gasteiger partial charge is 0.309 e. The van der Waals surface area contributed by atoms with E-state index in [4.69, 9.17) is 0 Å². The summed E-state index contributed by atoms with van der Waals surface area (Å²) in [6.07, 6.45) is 4.56. The summed E-state index contributed by atoms with van der Waals surface area (Å²) in [4.78, 5) is 0. The Morgan fingerprint density at radius 1 is 0.312 bits per heavy atom. The molecule has 2 nitrogen and oxygen atoms in total. The fourth-order valence-electron chi connectivity index (χ4n) is 11.4. The minimum absolute atomic E-state index is 0.136. The Morgan fingerprint density at radius 3 is 1.31 bits per heavy atom. The molecule has 0 aliphatic heterocycles. The number of nitrogens with zero attached hydrogens (tertiary/aromatic N) is 2. The van der Waals surface area contributed by atoms with Crippen LogP contribution in [-0.4, -0.2) is 9.13 Å². The van der Waals surface area contributed by atoms with Gasteiger partial charge >= 0.3 is 0 Å². The molecule has 0 spiro atoms. The van der Waals surface area contributed by atoms with E-state index < -0.39 is 0 Å². The van der Waals surface area contributed by atoms with E-state index >= 15 is 0 Å². The lowest BCUT2D eigenvalue weighted by molar-refractivity contribution is 0.652. The first-order valence-electron chi connectivity index (χ1n) is 22.6. The predicted molar refractivity (Wildman–Crippen MR) is 271 cm³/mol. The van der Waals surface area contributed by atoms with Crippen molar-refractivity contribution in [3.05, 3.63) is 228 Å². The van der Waals surface area contributed by atoms with Crippen molar-refractivity contribution in [3.8, 4) is 44.8 Å². The van der Waals surface area contributed by atoms with Crippen LogP contribution in [-0.2, 0) is 10.8 Å². The second kappa shape index (κ2) is 13.4. The van der Waals surface area contributed by atoms with Crippen molar-refractivity contribution in [2.24, 2.45) is 0 Å². The van der Waals surface area contributed by atoms with Gasteiger partial charge in [0.1, 0.15) is 0 Å². The Hall–Kier alpha value is -7.68. The fourth-order valence-corrected chi connectivity index (χ4v) is 11.4. The van der Waals surface area contributed by atoms with Crippen molar-refractivity contribution in [1.82, 2.24) is 9.13 Å². The van der Waals surface area contributed by atoms with Gasteiger partial charge in [-0.3, -0.25) is 0 Å². The van der Waals surface area contributed by atoms with E-state index in [0.29, 0.717) is 0 Å². The average molecular weight is 819 g/mol. The Bertz CT molecular complexity index is 3760. The van der Waals surface area contributed by atoms with Crippen LogP contribution in [0.25, 0.3) is 101 Å². The molecule has 0 fully saturated rings. The van der Waals surface area contributed by atoms with Gasteiger partial charge in [0, 0.05) is 43.7 Å². The fraction of sp³-hybridized carbons (Fsp3) is 0.0968. The number of hydrogen-bond acceptors (Lipinski definition) is 0. The number of para-hydroxylation sites is 4. The molecule has 2 aromatic heterocycles. The van der Waals surface area contributed by atoms with Crippen molar-refractivity contribution in [2.75, 3.05) is 0 Å². The summed E-state index contributed by atoms with van der Waals surface area (Å²) < 4.78 is 4.76. The normalized spacial score (nSPS) is 14.4. The van der Waals surface area contributed by atoms with Crippen LogP contribution < -0.4 is 0 Å². The van der Waals surface area contributed by atoms with Gasteiger partial charge in [0.25, 0.3) is 0 Å². The van der Waals surface area contributed by atoms with Crippen LogP contribution in [0.2, 0.25) is 0 Å². The molecule has 304 valence electrons. The molecule has 64 heavy (non-hydrogen) atoms. The number of benzene rings is 9. The van der Waals surface area contributed by atoms with Gasteiger partial charge in [0.2, 0.25) is 0 Å². The third kappa shape index (κ3) is 5.26. The first-order chi connectivity index (χ1) is 31.2. The molecule has 0 bridgehead atoms. The molecule has 2 heterocycles. The molecule has 2 aliphatic carbocycles. The Kier molecular flexibility index (Phi) is 7.74. The second-order valence-electron chi connectivity index (χ2n) is 19.0. The van der Waals surface area contributed by atoms with Crippen molar-refractivity contribution in [1.29, 1.82) is 0 Å². The molecular weight excluding hydrogens is 773 g/mol.